The van der Waals surface area contributed by atoms with E-state index < -0.39 is 0 Å². The Morgan fingerprint density at radius 3 is 3.00 bits per heavy atom. The third kappa shape index (κ3) is 4.56. The van der Waals surface area contributed by atoms with Gasteiger partial charge in [0.05, 0.1) is 17.4 Å². The molecule has 18 heavy (non-hydrogen) atoms. The van der Waals surface area contributed by atoms with Gasteiger partial charge in [-0.1, -0.05) is 13.8 Å². The van der Waals surface area contributed by atoms with E-state index in [0.717, 1.165) is 18.7 Å². The van der Waals surface area contributed by atoms with Crippen LogP contribution < -0.4 is 10.6 Å². The van der Waals surface area contributed by atoms with Gasteiger partial charge in [-0.05, 0) is 18.7 Å². The zero-order chi connectivity index (χ0) is 13.4. The van der Waals surface area contributed by atoms with E-state index in [-0.39, 0.29) is 5.91 Å². The number of amides is 1. The van der Waals surface area contributed by atoms with Gasteiger partial charge >= 0.3 is 0 Å². The first-order chi connectivity index (χ1) is 8.69. The normalized spacial score (nSPS) is 11.9. The van der Waals surface area contributed by atoms with Crippen LogP contribution >= 0.6 is 11.8 Å². The molecule has 1 atom stereocenters. The summed E-state index contributed by atoms with van der Waals surface area (Å²) < 4.78 is 0. The van der Waals surface area contributed by atoms with Crippen LogP contribution in [0.25, 0.3) is 0 Å². The lowest BCUT2D eigenvalue weighted by atomic mass is 10.2. The number of nitrogens with zero attached hydrogens (tertiary/aromatic N) is 1. The van der Waals surface area contributed by atoms with Crippen molar-refractivity contribution in [2.24, 2.45) is 0 Å². The summed E-state index contributed by atoms with van der Waals surface area (Å²) in [5, 5.41) is 6.58. The summed E-state index contributed by atoms with van der Waals surface area (Å²) in [6, 6.07) is 1.75. The maximum Gasteiger partial charge on any atom is 0.253 e. The molecule has 5 heteroatoms. The molecule has 1 heterocycles. The fourth-order valence-corrected chi connectivity index (χ4v) is 1.66. The molecular weight excluding hydrogens is 246 g/mol. The van der Waals surface area contributed by atoms with E-state index in [0.29, 0.717) is 17.4 Å². The van der Waals surface area contributed by atoms with Gasteiger partial charge in [0, 0.05) is 24.5 Å². The maximum atomic E-state index is 12.1. The lowest BCUT2D eigenvalue weighted by molar-refractivity contribution is 0.0955. The summed E-state index contributed by atoms with van der Waals surface area (Å²) in [6.45, 7) is 5.69. The Morgan fingerprint density at radius 2 is 2.33 bits per heavy atom. The molecule has 0 saturated heterocycles. The minimum Gasteiger partial charge on any atom is -0.383 e. The number of hydrogen-bond acceptors (Lipinski definition) is 4. The summed E-state index contributed by atoms with van der Waals surface area (Å²) in [5.74, 6) is -0.0445. The van der Waals surface area contributed by atoms with Crippen LogP contribution in [0.3, 0.4) is 0 Å². The molecule has 0 aromatic carbocycles. The predicted octanol–water partition coefficient (Wildman–Crippen LogP) is 2.38. The van der Waals surface area contributed by atoms with Crippen LogP contribution in [-0.4, -0.2) is 35.5 Å². The smallest absolute Gasteiger partial charge is 0.253 e. The molecule has 0 radical (unpaired) electrons. The molecule has 0 aliphatic rings. The largest absolute Gasteiger partial charge is 0.383 e. The summed E-state index contributed by atoms with van der Waals surface area (Å²) in [6.07, 6.45) is 6.39. The fourth-order valence-electron chi connectivity index (χ4n) is 1.41. The minimum atomic E-state index is -0.0445. The van der Waals surface area contributed by atoms with Crippen molar-refractivity contribution < 1.29 is 4.79 Å². The van der Waals surface area contributed by atoms with Crippen molar-refractivity contribution in [2.75, 3.05) is 24.7 Å². The van der Waals surface area contributed by atoms with Crippen molar-refractivity contribution in [3.8, 4) is 0 Å². The van der Waals surface area contributed by atoms with E-state index in [1.54, 1.807) is 30.2 Å². The highest BCUT2D eigenvalue weighted by Gasteiger charge is 2.11. The predicted molar refractivity (Wildman–Crippen MR) is 78.3 cm³/mol. The fraction of sp³-hybridized carbons (Fsp3) is 0.538. The second kappa shape index (κ2) is 7.97. The number of anilines is 1. The highest BCUT2D eigenvalue weighted by Crippen LogP contribution is 2.13. The third-order valence-electron chi connectivity index (χ3n) is 2.58. The molecular formula is C13H21N3OS. The molecule has 1 rings (SSSR count). The molecule has 1 aromatic heterocycles. The Morgan fingerprint density at radius 1 is 1.56 bits per heavy atom. The highest BCUT2D eigenvalue weighted by molar-refractivity contribution is 7.99. The zero-order valence-electron chi connectivity index (χ0n) is 11.2. The first-order valence-electron chi connectivity index (χ1n) is 6.17. The van der Waals surface area contributed by atoms with E-state index in [1.165, 1.54) is 0 Å². The zero-order valence-corrected chi connectivity index (χ0v) is 12.0. The van der Waals surface area contributed by atoms with E-state index in [9.17, 15) is 4.79 Å². The highest BCUT2D eigenvalue weighted by atomic mass is 32.2. The van der Waals surface area contributed by atoms with Gasteiger partial charge < -0.3 is 10.6 Å². The summed E-state index contributed by atoms with van der Waals surface area (Å²) in [4.78, 5) is 16.1. The van der Waals surface area contributed by atoms with Crippen molar-refractivity contribution in [3.63, 3.8) is 0 Å². The van der Waals surface area contributed by atoms with Crippen molar-refractivity contribution in [1.82, 2.24) is 10.3 Å². The van der Waals surface area contributed by atoms with Crippen LogP contribution in [0.1, 0.15) is 30.6 Å². The van der Waals surface area contributed by atoms with E-state index >= 15 is 0 Å². The van der Waals surface area contributed by atoms with Gasteiger partial charge in [0.1, 0.15) is 0 Å². The Balaban J connectivity index is 2.66. The van der Waals surface area contributed by atoms with Crippen LogP contribution in [0.15, 0.2) is 18.5 Å². The van der Waals surface area contributed by atoms with Crippen LogP contribution in [0, 0.1) is 0 Å². The van der Waals surface area contributed by atoms with Gasteiger partial charge in [-0.25, -0.2) is 0 Å². The summed E-state index contributed by atoms with van der Waals surface area (Å²) in [7, 11) is 0. The lowest BCUT2D eigenvalue weighted by Crippen LogP contribution is -2.30. The van der Waals surface area contributed by atoms with Crippen molar-refractivity contribution in [2.45, 2.75) is 25.5 Å². The van der Waals surface area contributed by atoms with E-state index in [4.69, 9.17) is 0 Å². The number of carbonyl (C=O) groups excluding carboxylic acids is 1. The van der Waals surface area contributed by atoms with Gasteiger partial charge in [-0.15, -0.1) is 0 Å². The van der Waals surface area contributed by atoms with E-state index in [1.807, 2.05) is 6.26 Å². The number of nitrogens with one attached hydrogen (secondary N) is 2. The van der Waals surface area contributed by atoms with Gasteiger partial charge in [0.15, 0.2) is 0 Å². The SMILES string of the molecule is CCCNc1cnccc1C(=O)NCC(C)SC. The Bertz CT molecular complexity index is 384. The molecule has 0 aliphatic carbocycles. The molecule has 1 aromatic rings. The van der Waals surface area contributed by atoms with Crippen molar-refractivity contribution >= 4 is 23.4 Å². The molecule has 100 valence electrons. The first-order valence-corrected chi connectivity index (χ1v) is 7.46. The van der Waals surface area contributed by atoms with E-state index in [2.05, 4.69) is 29.5 Å². The molecule has 2 N–H and O–H groups in total. The standard InChI is InChI=1S/C13H21N3OS/c1-4-6-15-12-9-14-7-5-11(12)13(17)16-8-10(2)18-3/h5,7,9-10,15H,4,6,8H2,1-3H3,(H,16,17). The van der Waals surface area contributed by atoms with Gasteiger partial charge in [-0.2, -0.15) is 11.8 Å². The molecule has 1 amide bonds. The number of thioether (sulfide) groups is 1. The summed E-state index contributed by atoms with van der Waals surface area (Å²) >= 11 is 1.74. The van der Waals surface area contributed by atoms with Crippen LogP contribution in [0.5, 0.6) is 0 Å². The molecule has 0 saturated carbocycles. The number of hydrogen-bond donors (Lipinski definition) is 2. The average molecular weight is 267 g/mol. The van der Waals surface area contributed by atoms with Crippen LogP contribution in [0.4, 0.5) is 5.69 Å². The first kappa shape index (κ1) is 14.8. The number of carbonyl (C=O) groups is 1. The van der Waals surface area contributed by atoms with Crippen molar-refractivity contribution in [1.29, 1.82) is 0 Å². The van der Waals surface area contributed by atoms with Gasteiger partial charge in [0.25, 0.3) is 5.91 Å². The molecule has 4 nitrogen and oxygen atoms in total. The molecule has 1 unspecified atom stereocenters. The van der Waals surface area contributed by atoms with Crippen LogP contribution in [-0.2, 0) is 0 Å². The Kier molecular flexibility index (Phi) is 6.57. The molecule has 0 fully saturated rings. The Hall–Kier alpha value is -1.23. The third-order valence-corrected chi connectivity index (χ3v) is 3.56. The quantitative estimate of drug-likeness (QED) is 0.796. The molecule has 0 bridgehead atoms. The molecule has 0 aliphatic heterocycles. The maximum absolute atomic E-state index is 12.1. The number of aromatic nitrogens is 1. The minimum absolute atomic E-state index is 0.0445. The number of pyridine rings is 1. The second-order valence-corrected chi connectivity index (χ2v) is 5.38. The molecule has 0 spiro atoms. The topological polar surface area (TPSA) is 54.0 Å². The number of rotatable bonds is 7. The second-order valence-electron chi connectivity index (χ2n) is 4.10. The summed E-state index contributed by atoms with van der Waals surface area (Å²) in [5.41, 5.74) is 1.46. The lowest BCUT2D eigenvalue weighted by Gasteiger charge is -2.13. The Labute approximate surface area is 113 Å². The van der Waals surface area contributed by atoms with Crippen molar-refractivity contribution in [3.05, 3.63) is 24.0 Å². The van der Waals surface area contributed by atoms with Gasteiger partial charge in [0.2, 0.25) is 0 Å². The van der Waals surface area contributed by atoms with Gasteiger partial charge in [-0.3, -0.25) is 9.78 Å². The monoisotopic (exact) mass is 267 g/mol. The van der Waals surface area contributed by atoms with Crippen LogP contribution in [0.2, 0.25) is 0 Å². The average Bonchev–Trinajstić information content (AvgIpc) is 2.42.